The van der Waals surface area contributed by atoms with Crippen LogP contribution in [-0.4, -0.2) is 17.6 Å². The minimum atomic E-state index is 0.444. The van der Waals surface area contributed by atoms with E-state index >= 15 is 0 Å². The molecule has 0 aromatic carbocycles. The van der Waals surface area contributed by atoms with E-state index in [0.717, 1.165) is 12.2 Å². The Morgan fingerprint density at radius 3 is 2.86 bits per heavy atom. The van der Waals surface area contributed by atoms with Crippen LogP contribution < -0.4 is 10.1 Å². The van der Waals surface area contributed by atoms with Crippen molar-refractivity contribution in [2.75, 3.05) is 11.9 Å². The van der Waals surface area contributed by atoms with E-state index < -0.39 is 0 Å². The van der Waals surface area contributed by atoms with Crippen LogP contribution in [-0.2, 0) is 0 Å². The van der Waals surface area contributed by atoms with E-state index in [0.29, 0.717) is 18.5 Å². The van der Waals surface area contributed by atoms with Gasteiger partial charge in [0.25, 0.3) is 0 Å². The maximum atomic E-state index is 5.31. The smallest absolute Gasteiger partial charge is 0.215 e. The molecule has 14 heavy (non-hydrogen) atoms. The van der Waals surface area contributed by atoms with Crippen LogP contribution in [0.2, 0.25) is 0 Å². The molecule has 0 radical (unpaired) electrons. The molecular weight excluding hydrogens is 176 g/mol. The molecule has 3 heteroatoms. The molecule has 0 fully saturated rings. The van der Waals surface area contributed by atoms with E-state index in [1.807, 2.05) is 25.1 Å². The third kappa shape index (κ3) is 3.24. The molecule has 0 saturated carbocycles. The molecule has 1 aromatic heterocycles. The number of anilines is 1. The van der Waals surface area contributed by atoms with Crippen molar-refractivity contribution in [1.82, 2.24) is 4.98 Å². The predicted molar refractivity (Wildman–Crippen MR) is 58.8 cm³/mol. The Bertz CT molecular complexity index is 276. The van der Waals surface area contributed by atoms with Crippen molar-refractivity contribution in [1.29, 1.82) is 0 Å². The molecule has 78 valence electrons. The molecule has 1 aromatic rings. The lowest BCUT2D eigenvalue weighted by Crippen LogP contribution is -2.14. The quantitative estimate of drug-likeness (QED) is 0.782. The van der Waals surface area contributed by atoms with Crippen LogP contribution in [0.15, 0.2) is 18.2 Å². The number of hydrogen-bond donors (Lipinski definition) is 1. The Balaban J connectivity index is 2.63. The number of pyridine rings is 1. The molecule has 1 rings (SSSR count). The van der Waals surface area contributed by atoms with Crippen LogP contribution in [0.1, 0.15) is 27.2 Å². The van der Waals surface area contributed by atoms with Crippen LogP contribution in [0.3, 0.4) is 0 Å². The summed E-state index contributed by atoms with van der Waals surface area (Å²) >= 11 is 0. The van der Waals surface area contributed by atoms with E-state index in [9.17, 15) is 0 Å². The summed E-state index contributed by atoms with van der Waals surface area (Å²) in [6.07, 6.45) is 1.08. The molecule has 3 nitrogen and oxygen atoms in total. The number of ether oxygens (including phenoxy) is 1. The van der Waals surface area contributed by atoms with Crippen LogP contribution in [0, 0.1) is 0 Å². The van der Waals surface area contributed by atoms with Crippen molar-refractivity contribution in [2.45, 2.75) is 33.2 Å². The predicted octanol–water partition coefficient (Wildman–Crippen LogP) is 2.69. The molecule has 1 N–H and O–H groups in total. The SMILES string of the molecule is CCOc1cccc(NC(C)CC)n1. The lowest BCUT2D eigenvalue weighted by Gasteiger charge is -2.12. The van der Waals surface area contributed by atoms with Crippen molar-refractivity contribution in [3.8, 4) is 5.88 Å². The zero-order valence-electron chi connectivity index (χ0n) is 9.08. The Labute approximate surface area is 85.5 Å². The Morgan fingerprint density at radius 1 is 1.43 bits per heavy atom. The highest BCUT2D eigenvalue weighted by Gasteiger charge is 2.01. The Kier molecular flexibility index (Phi) is 4.23. The summed E-state index contributed by atoms with van der Waals surface area (Å²) < 4.78 is 5.31. The first-order chi connectivity index (χ1) is 6.76. The topological polar surface area (TPSA) is 34.1 Å². The fraction of sp³-hybridized carbons (Fsp3) is 0.545. The minimum absolute atomic E-state index is 0.444. The van der Waals surface area contributed by atoms with E-state index in [4.69, 9.17) is 4.74 Å². The lowest BCUT2D eigenvalue weighted by molar-refractivity contribution is 0.327. The zero-order valence-corrected chi connectivity index (χ0v) is 9.08. The number of aromatic nitrogens is 1. The average molecular weight is 194 g/mol. The van der Waals surface area contributed by atoms with Gasteiger partial charge in [0.05, 0.1) is 6.61 Å². The van der Waals surface area contributed by atoms with Crippen molar-refractivity contribution in [3.63, 3.8) is 0 Å². The van der Waals surface area contributed by atoms with Gasteiger partial charge in [-0.25, -0.2) is 0 Å². The van der Waals surface area contributed by atoms with Crippen molar-refractivity contribution < 1.29 is 4.74 Å². The molecule has 0 bridgehead atoms. The summed E-state index contributed by atoms with van der Waals surface area (Å²) in [6.45, 7) is 6.88. The molecule has 0 saturated heterocycles. The maximum Gasteiger partial charge on any atom is 0.215 e. The Hall–Kier alpha value is -1.25. The average Bonchev–Trinajstić information content (AvgIpc) is 2.19. The Morgan fingerprint density at radius 2 is 2.21 bits per heavy atom. The molecule has 1 unspecified atom stereocenters. The molecular formula is C11H18N2O. The normalized spacial score (nSPS) is 12.2. The second-order valence-corrected chi connectivity index (χ2v) is 3.25. The number of nitrogens with zero attached hydrogens (tertiary/aromatic N) is 1. The molecule has 0 amide bonds. The van der Waals surface area contributed by atoms with Gasteiger partial charge in [0.1, 0.15) is 5.82 Å². The highest BCUT2D eigenvalue weighted by atomic mass is 16.5. The highest BCUT2D eigenvalue weighted by molar-refractivity contribution is 5.37. The van der Waals surface area contributed by atoms with Crippen molar-refractivity contribution >= 4 is 5.82 Å². The van der Waals surface area contributed by atoms with E-state index in [-0.39, 0.29) is 0 Å². The second-order valence-electron chi connectivity index (χ2n) is 3.25. The van der Waals surface area contributed by atoms with Gasteiger partial charge in [-0.1, -0.05) is 13.0 Å². The first-order valence-corrected chi connectivity index (χ1v) is 5.12. The van der Waals surface area contributed by atoms with Gasteiger partial charge in [-0.15, -0.1) is 0 Å². The van der Waals surface area contributed by atoms with Gasteiger partial charge in [0, 0.05) is 12.1 Å². The van der Waals surface area contributed by atoms with Crippen LogP contribution in [0.5, 0.6) is 5.88 Å². The van der Waals surface area contributed by atoms with Crippen molar-refractivity contribution in [2.24, 2.45) is 0 Å². The molecule has 0 spiro atoms. The second kappa shape index (κ2) is 5.47. The van der Waals surface area contributed by atoms with Crippen LogP contribution in [0.25, 0.3) is 0 Å². The van der Waals surface area contributed by atoms with Gasteiger partial charge in [0.2, 0.25) is 5.88 Å². The standard InChI is InChI=1S/C11H18N2O/c1-4-9(3)12-10-7-6-8-11(13-10)14-5-2/h6-9H,4-5H2,1-3H3,(H,12,13). The van der Waals surface area contributed by atoms with Crippen LogP contribution in [0.4, 0.5) is 5.82 Å². The zero-order chi connectivity index (χ0) is 10.4. The number of rotatable bonds is 5. The summed E-state index contributed by atoms with van der Waals surface area (Å²) in [4.78, 5) is 4.32. The monoisotopic (exact) mass is 194 g/mol. The third-order valence-corrected chi connectivity index (χ3v) is 2.02. The van der Waals surface area contributed by atoms with Crippen LogP contribution >= 0.6 is 0 Å². The first kappa shape index (κ1) is 10.8. The van der Waals surface area contributed by atoms with E-state index in [1.165, 1.54) is 0 Å². The summed E-state index contributed by atoms with van der Waals surface area (Å²) in [5.74, 6) is 1.56. The fourth-order valence-electron chi connectivity index (χ4n) is 1.08. The molecule has 1 atom stereocenters. The van der Waals surface area contributed by atoms with Gasteiger partial charge < -0.3 is 10.1 Å². The fourth-order valence-corrected chi connectivity index (χ4v) is 1.08. The minimum Gasteiger partial charge on any atom is -0.478 e. The maximum absolute atomic E-state index is 5.31. The highest BCUT2D eigenvalue weighted by Crippen LogP contribution is 2.12. The van der Waals surface area contributed by atoms with Gasteiger partial charge in [-0.2, -0.15) is 4.98 Å². The largest absolute Gasteiger partial charge is 0.478 e. The third-order valence-electron chi connectivity index (χ3n) is 2.02. The number of hydrogen-bond acceptors (Lipinski definition) is 3. The van der Waals surface area contributed by atoms with Gasteiger partial charge in [-0.05, 0) is 26.3 Å². The van der Waals surface area contributed by atoms with E-state index in [2.05, 4.69) is 24.1 Å². The molecule has 0 aliphatic heterocycles. The molecule has 0 aliphatic rings. The first-order valence-electron chi connectivity index (χ1n) is 5.12. The van der Waals surface area contributed by atoms with Crippen molar-refractivity contribution in [3.05, 3.63) is 18.2 Å². The molecule has 1 heterocycles. The van der Waals surface area contributed by atoms with Gasteiger partial charge in [0.15, 0.2) is 0 Å². The van der Waals surface area contributed by atoms with Gasteiger partial charge >= 0.3 is 0 Å². The summed E-state index contributed by atoms with van der Waals surface area (Å²) in [5, 5.41) is 3.30. The van der Waals surface area contributed by atoms with Gasteiger partial charge in [-0.3, -0.25) is 0 Å². The number of nitrogens with one attached hydrogen (secondary N) is 1. The summed E-state index contributed by atoms with van der Waals surface area (Å²) in [6, 6.07) is 6.21. The lowest BCUT2D eigenvalue weighted by atomic mass is 10.2. The summed E-state index contributed by atoms with van der Waals surface area (Å²) in [7, 11) is 0. The summed E-state index contributed by atoms with van der Waals surface area (Å²) in [5.41, 5.74) is 0. The molecule has 0 aliphatic carbocycles. The van der Waals surface area contributed by atoms with E-state index in [1.54, 1.807) is 0 Å².